The fourth-order valence-corrected chi connectivity index (χ4v) is 3.98. The summed E-state index contributed by atoms with van der Waals surface area (Å²) in [6, 6.07) is 8.53. The Labute approximate surface area is 140 Å². The van der Waals surface area contributed by atoms with Gasteiger partial charge in [-0.15, -0.1) is 23.2 Å². The van der Waals surface area contributed by atoms with E-state index >= 15 is 0 Å². The summed E-state index contributed by atoms with van der Waals surface area (Å²) in [5, 5.41) is 18.3. The molecule has 0 fully saturated rings. The second kappa shape index (κ2) is 10.4. The van der Waals surface area contributed by atoms with E-state index in [4.69, 9.17) is 37.4 Å². The fourth-order valence-electron chi connectivity index (χ4n) is 1.57. The minimum Gasteiger partial charge on any atom is -0.413 e. The molecule has 9 heteroatoms. The zero-order valence-corrected chi connectivity index (χ0v) is 14.4. The molecule has 0 radical (unpaired) electrons. The van der Waals surface area contributed by atoms with Crippen LogP contribution in [-0.2, 0) is 9.09 Å². The molecule has 0 aromatic heterocycles. The summed E-state index contributed by atoms with van der Waals surface area (Å²) in [5.74, 6) is 0.786. The molecule has 0 aliphatic heterocycles. The summed E-state index contributed by atoms with van der Waals surface area (Å²) in [7, 11) is -3.76. The number of benzene rings is 1. The number of hydrogen-bond donors (Lipinski definition) is 2. The lowest BCUT2D eigenvalue weighted by Crippen LogP contribution is -2.30. The van der Waals surface area contributed by atoms with E-state index in [-0.39, 0.29) is 31.5 Å². The van der Waals surface area contributed by atoms with E-state index in [0.717, 1.165) is 0 Å². The standard InChI is InChI=1S/C13H20Cl2NO5P/c14-6-8-16(9-7-15)22(19,20-11-12(18)10-17)21-13-4-2-1-3-5-13/h1-5,12,17-18H,6-11H2/t12-,22+/m0/s1. The molecule has 0 bridgehead atoms. The highest BCUT2D eigenvalue weighted by molar-refractivity contribution is 7.51. The lowest BCUT2D eigenvalue weighted by Gasteiger charge is -2.29. The van der Waals surface area contributed by atoms with Crippen molar-refractivity contribution in [3.05, 3.63) is 30.3 Å². The predicted molar refractivity (Wildman–Crippen MR) is 86.7 cm³/mol. The van der Waals surface area contributed by atoms with Crippen molar-refractivity contribution in [2.24, 2.45) is 0 Å². The Morgan fingerprint density at radius 1 is 1.18 bits per heavy atom. The Bertz CT molecular complexity index is 459. The molecular weight excluding hydrogens is 352 g/mol. The first-order chi connectivity index (χ1) is 10.6. The second-order valence-corrected chi connectivity index (χ2v) is 7.04. The van der Waals surface area contributed by atoms with Gasteiger partial charge in [0.1, 0.15) is 11.9 Å². The molecule has 2 N–H and O–H groups in total. The van der Waals surface area contributed by atoms with Gasteiger partial charge in [-0.05, 0) is 12.1 Å². The van der Waals surface area contributed by atoms with Crippen LogP contribution >= 0.6 is 30.9 Å². The van der Waals surface area contributed by atoms with Crippen LogP contribution in [0.1, 0.15) is 0 Å². The smallest absolute Gasteiger partial charge is 0.413 e. The highest BCUT2D eigenvalue weighted by atomic mass is 35.5. The summed E-state index contributed by atoms with van der Waals surface area (Å²) >= 11 is 11.4. The van der Waals surface area contributed by atoms with Crippen LogP contribution in [0.3, 0.4) is 0 Å². The molecule has 1 aromatic rings. The third-order valence-corrected chi connectivity index (χ3v) is 4.98. The van der Waals surface area contributed by atoms with Crippen molar-refractivity contribution in [1.29, 1.82) is 0 Å². The quantitative estimate of drug-likeness (QED) is 0.459. The van der Waals surface area contributed by atoms with E-state index in [9.17, 15) is 9.67 Å². The molecule has 0 aliphatic carbocycles. The number of rotatable bonds is 11. The number of nitrogens with zero attached hydrogens (tertiary/aromatic N) is 1. The van der Waals surface area contributed by atoms with Gasteiger partial charge >= 0.3 is 7.75 Å². The van der Waals surface area contributed by atoms with Crippen molar-refractivity contribution in [1.82, 2.24) is 4.67 Å². The largest absolute Gasteiger partial charge is 0.461 e. The van der Waals surface area contributed by atoms with Gasteiger partial charge in [-0.25, -0.2) is 4.57 Å². The molecule has 0 unspecified atom stereocenters. The maximum Gasteiger partial charge on any atom is 0.461 e. The third kappa shape index (κ3) is 6.42. The average Bonchev–Trinajstić information content (AvgIpc) is 2.53. The Morgan fingerprint density at radius 3 is 2.27 bits per heavy atom. The molecule has 0 spiro atoms. The van der Waals surface area contributed by atoms with Crippen LogP contribution in [0.5, 0.6) is 5.75 Å². The van der Waals surface area contributed by atoms with Gasteiger partial charge in [0.2, 0.25) is 0 Å². The molecule has 1 aromatic carbocycles. The number of aliphatic hydroxyl groups excluding tert-OH is 2. The summed E-state index contributed by atoms with van der Waals surface area (Å²) in [6.45, 7) is -0.348. The normalized spacial score (nSPS) is 15.5. The molecule has 22 heavy (non-hydrogen) atoms. The van der Waals surface area contributed by atoms with Crippen LogP contribution < -0.4 is 4.52 Å². The maximum absolute atomic E-state index is 13.1. The average molecular weight is 372 g/mol. The summed E-state index contributed by atoms with van der Waals surface area (Å²) in [6.07, 6.45) is -1.15. The third-order valence-electron chi connectivity index (χ3n) is 2.64. The topological polar surface area (TPSA) is 79.2 Å². The fraction of sp³-hybridized carbons (Fsp3) is 0.538. The second-order valence-electron chi connectivity index (χ2n) is 4.34. The Morgan fingerprint density at radius 2 is 1.77 bits per heavy atom. The summed E-state index contributed by atoms with van der Waals surface area (Å²) in [5.41, 5.74) is 0. The first-order valence-electron chi connectivity index (χ1n) is 6.71. The van der Waals surface area contributed by atoms with Crippen molar-refractivity contribution in [3.63, 3.8) is 0 Å². The van der Waals surface area contributed by atoms with E-state index in [2.05, 4.69) is 0 Å². The van der Waals surface area contributed by atoms with Crippen molar-refractivity contribution < 1.29 is 23.8 Å². The molecule has 0 saturated carbocycles. The van der Waals surface area contributed by atoms with Gasteiger partial charge in [-0.2, -0.15) is 4.67 Å². The lowest BCUT2D eigenvalue weighted by molar-refractivity contribution is 0.0452. The van der Waals surface area contributed by atoms with Crippen LogP contribution in [0.15, 0.2) is 30.3 Å². The molecule has 6 nitrogen and oxygen atoms in total. The summed E-state index contributed by atoms with van der Waals surface area (Å²) < 4.78 is 25.3. The molecule has 1 rings (SSSR count). The number of hydrogen-bond acceptors (Lipinski definition) is 5. The van der Waals surface area contributed by atoms with Crippen LogP contribution in [0.25, 0.3) is 0 Å². The molecule has 126 valence electrons. The molecular formula is C13H20Cl2NO5P. The molecule has 0 saturated heterocycles. The van der Waals surface area contributed by atoms with Gasteiger partial charge in [0.15, 0.2) is 0 Å². The number of aliphatic hydroxyl groups is 2. The number of halogens is 2. The Balaban J connectivity index is 2.93. The van der Waals surface area contributed by atoms with Gasteiger partial charge in [-0.3, -0.25) is 4.52 Å². The number of para-hydroxylation sites is 1. The van der Waals surface area contributed by atoms with E-state index in [1.165, 1.54) is 4.67 Å². The minimum absolute atomic E-state index is 0.213. The van der Waals surface area contributed by atoms with Crippen molar-refractivity contribution in [3.8, 4) is 5.75 Å². The lowest BCUT2D eigenvalue weighted by atomic mass is 10.3. The van der Waals surface area contributed by atoms with Crippen molar-refractivity contribution >= 4 is 30.9 Å². The maximum atomic E-state index is 13.1. The van der Waals surface area contributed by atoms with Gasteiger partial charge < -0.3 is 14.7 Å². The molecule has 0 heterocycles. The van der Waals surface area contributed by atoms with Gasteiger partial charge in [0.05, 0.1) is 13.2 Å². The minimum atomic E-state index is -3.76. The highest BCUT2D eigenvalue weighted by Gasteiger charge is 2.35. The van der Waals surface area contributed by atoms with Gasteiger partial charge in [-0.1, -0.05) is 18.2 Å². The highest BCUT2D eigenvalue weighted by Crippen LogP contribution is 2.51. The van der Waals surface area contributed by atoms with Crippen LogP contribution in [0.4, 0.5) is 0 Å². The van der Waals surface area contributed by atoms with E-state index in [0.29, 0.717) is 5.75 Å². The van der Waals surface area contributed by atoms with E-state index < -0.39 is 20.5 Å². The first kappa shape index (κ1) is 19.7. The summed E-state index contributed by atoms with van der Waals surface area (Å²) in [4.78, 5) is 0. The molecule has 0 aliphatic rings. The zero-order valence-electron chi connectivity index (χ0n) is 12.0. The van der Waals surface area contributed by atoms with Gasteiger partial charge in [0, 0.05) is 24.8 Å². The van der Waals surface area contributed by atoms with Crippen LogP contribution in [-0.4, -0.2) is 59.1 Å². The van der Waals surface area contributed by atoms with Crippen molar-refractivity contribution in [2.45, 2.75) is 6.10 Å². The van der Waals surface area contributed by atoms with Crippen LogP contribution in [0.2, 0.25) is 0 Å². The van der Waals surface area contributed by atoms with Crippen molar-refractivity contribution in [2.75, 3.05) is 38.1 Å². The first-order valence-corrected chi connectivity index (χ1v) is 9.27. The molecule has 0 amide bonds. The van der Waals surface area contributed by atoms with Gasteiger partial charge in [0.25, 0.3) is 0 Å². The van der Waals surface area contributed by atoms with E-state index in [1.54, 1.807) is 30.3 Å². The molecule has 2 atom stereocenters. The number of alkyl halides is 2. The Kier molecular flexibility index (Phi) is 9.36. The SMILES string of the molecule is O=[P@](OC[C@@H](O)CO)(Oc1ccccc1)N(CCCl)CCCl. The predicted octanol–water partition coefficient (Wildman–Crippen LogP) is 2.32. The Hall–Kier alpha value is -0.330. The van der Waals surface area contributed by atoms with Crippen LogP contribution in [0, 0.1) is 0 Å². The monoisotopic (exact) mass is 371 g/mol. The zero-order chi connectivity index (χ0) is 16.4. The van der Waals surface area contributed by atoms with E-state index in [1.807, 2.05) is 0 Å².